The molecule has 0 aliphatic heterocycles. The number of nitrogens with one attached hydrogen (secondary N) is 1. The first kappa shape index (κ1) is 15.3. The molecule has 0 amide bonds. The highest BCUT2D eigenvalue weighted by atomic mass is 32.2. The van der Waals surface area contributed by atoms with E-state index in [9.17, 15) is 18.3 Å². The Morgan fingerprint density at radius 2 is 2.20 bits per heavy atom. The van der Waals surface area contributed by atoms with Gasteiger partial charge in [0.05, 0.1) is 11.3 Å². The van der Waals surface area contributed by atoms with Gasteiger partial charge in [0.2, 0.25) is 10.0 Å². The van der Waals surface area contributed by atoms with Gasteiger partial charge in [-0.15, -0.1) is 11.3 Å². The van der Waals surface area contributed by atoms with Crippen molar-refractivity contribution in [2.24, 2.45) is 0 Å². The normalized spacial score (nSPS) is 14.2. The molecule has 0 atom stereocenters. The van der Waals surface area contributed by atoms with Crippen molar-refractivity contribution in [2.45, 2.75) is 25.7 Å². The molecular formula is C12H17NO5S2. The molecule has 1 aliphatic rings. The van der Waals surface area contributed by atoms with E-state index in [1.807, 2.05) is 0 Å². The van der Waals surface area contributed by atoms with Gasteiger partial charge in [-0.1, -0.05) is 0 Å². The fraction of sp³-hybridized carbons (Fsp3) is 0.583. The molecular weight excluding hydrogens is 302 g/mol. The second-order valence-corrected chi connectivity index (χ2v) is 7.58. The van der Waals surface area contributed by atoms with Crippen LogP contribution in [0.25, 0.3) is 0 Å². The number of rotatable bonds is 7. The number of ether oxygens (including phenoxy) is 1. The highest BCUT2D eigenvalue weighted by Gasteiger charge is 2.28. The summed E-state index contributed by atoms with van der Waals surface area (Å²) < 4.78 is 31.1. The van der Waals surface area contributed by atoms with Gasteiger partial charge in [0, 0.05) is 18.6 Å². The number of thiophene rings is 1. The molecule has 0 unspecified atom stereocenters. The van der Waals surface area contributed by atoms with Crippen molar-refractivity contribution >= 4 is 32.3 Å². The summed E-state index contributed by atoms with van der Waals surface area (Å²) in [4.78, 5) is 12.3. The van der Waals surface area contributed by atoms with Crippen molar-refractivity contribution in [3.05, 3.63) is 16.0 Å². The number of anilines is 1. The molecule has 0 bridgehead atoms. The standard InChI is InChI=1S/C12H17NO5S2/c1-18-6-3-7-20(16,17)13-11-10(12(14)15)8-4-2-5-9(8)19-11/h13H,2-7H2,1H3,(H,14,15). The van der Waals surface area contributed by atoms with E-state index in [1.54, 1.807) is 0 Å². The van der Waals surface area contributed by atoms with Gasteiger partial charge in [0.1, 0.15) is 5.00 Å². The number of hydrogen-bond acceptors (Lipinski definition) is 5. The van der Waals surface area contributed by atoms with Crippen molar-refractivity contribution in [2.75, 3.05) is 24.2 Å². The third kappa shape index (κ3) is 3.31. The SMILES string of the molecule is COCCCS(=O)(=O)Nc1sc2c(c1C(=O)O)CCC2. The summed E-state index contributed by atoms with van der Waals surface area (Å²) in [7, 11) is -2.03. The van der Waals surface area contributed by atoms with Gasteiger partial charge < -0.3 is 9.84 Å². The van der Waals surface area contributed by atoms with Gasteiger partial charge in [-0.3, -0.25) is 4.72 Å². The largest absolute Gasteiger partial charge is 0.478 e. The second kappa shape index (κ2) is 6.11. The van der Waals surface area contributed by atoms with Crippen molar-refractivity contribution in [1.82, 2.24) is 0 Å². The van der Waals surface area contributed by atoms with Crippen LogP contribution < -0.4 is 4.72 Å². The topological polar surface area (TPSA) is 92.7 Å². The van der Waals surface area contributed by atoms with Gasteiger partial charge in [-0.05, 0) is 31.2 Å². The van der Waals surface area contributed by atoms with Crippen LogP contribution in [0, 0.1) is 0 Å². The van der Waals surface area contributed by atoms with Gasteiger partial charge in [-0.2, -0.15) is 0 Å². The molecule has 0 fully saturated rings. The minimum Gasteiger partial charge on any atom is -0.478 e. The van der Waals surface area contributed by atoms with E-state index in [4.69, 9.17) is 4.74 Å². The molecule has 1 aromatic rings. The van der Waals surface area contributed by atoms with Crippen LogP contribution in [0.3, 0.4) is 0 Å². The summed E-state index contributed by atoms with van der Waals surface area (Å²) in [6.07, 6.45) is 2.84. The number of aromatic carboxylic acids is 1. The Balaban J connectivity index is 2.19. The molecule has 2 N–H and O–H groups in total. The number of methoxy groups -OCH3 is 1. The Hall–Kier alpha value is -1.12. The van der Waals surface area contributed by atoms with Crippen LogP contribution in [-0.2, 0) is 27.6 Å². The molecule has 0 saturated heterocycles. The van der Waals surface area contributed by atoms with Gasteiger partial charge >= 0.3 is 5.97 Å². The van der Waals surface area contributed by atoms with Gasteiger partial charge in [0.15, 0.2) is 0 Å². The van der Waals surface area contributed by atoms with Crippen molar-refractivity contribution in [1.29, 1.82) is 0 Å². The first-order chi connectivity index (χ1) is 9.44. The molecule has 0 saturated carbocycles. The average molecular weight is 319 g/mol. The number of hydrogen-bond donors (Lipinski definition) is 2. The van der Waals surface area contributed by atoms with Crippen LogP contribution in [0.15, 0.2) is 0 Å². The van der Waals surface area contributed by atoms with Crippen LogP contribution in [0.5, 0.6) is 0 Å². The zero-order chi connectivity index (χ0) is 14.8. The van der Waals surface area contributed by atoms with E-state index in [2.05, 4.69) is 4.72 Å². The lowest BCUT2D eigenvalue weighted by Crippen LogP contribution is -2.18. The number of carbonyl (C=O) groups is 1. The summed E-state index contributed by atoms with van der Waals surface area (Å²) in [6.45, 7) is 0.355. The highest BCUT2D eigenvalue weighted by Crippen LogP contribution is 2.39. The third-order valence-corrected chi connectivity index (χ3v) is 5.82. The summed E-state index contributed by atoms with van der Waals surface area (Å²) in [6, 6.07) is 0. The smallest absolute Gasteiger partial charge is 0.339 e. The van der Waals surface area contributed by atoms with Crippen LogP contribution in [0.4, 0.5) is 5.00 Å². The first-order valence-electron chi connectivity index (χ1n) is 6.32. The van der Waals surface area contributed by atoms with Crippen LogP contribution in [-0.4, -0.2) is 39.0 Å². The maximum absolute atomic E-state index is 11.9. The zero-order valence-corrected chi connectivity index (χ0v) is 12.8. The predicted molar refractivity (Wildman–Crippen MR) is 77.2 cm³/mol. The lowest BCUT2D eigenvalue weighted by molar-refractivity contribution is 0.0697. The minimum atomic E-state index is -3.53. The Labute approximate surface area is 121 Å². The Morgan fingerprint density at radius 1 is 1.45 bits per heavy atom. The molecule has 112 valence electrons. The molecule has 1 heterocycles. The Morgan fingerprint density at radius 3 is 2.85 bits per heavy atom. The molecule has 0 aromatic carbocycles. The van der Waals surface area contributed by atoms with Crippen LogP contribution >= 0.6 is 11.3 Å². The van der Waals surface area contributed by atoms with E-state index < -0.39 is 16.0 Å². The first-order valence-corrected chi connectivity index (χ1v) is 8.78. The second-order valence-electron chi connectivity index (χ2n) is 4.63. The number of carboxylic acids is 1. The molecule has 6 nitrogen and oxygen atoms in total. The van der Waals surface area contributed by atoms with E-state index in [1.165, 1.54) is 18.4 Å². The quantitative estimate of drug-likeness (QED) is 0.746. The average Bonchev–Trinajstić information content (AvgIpc) is 2.87. The number of fused-ring (bicyclic) bond motifs is 1. The molecule has 1 aromatic heterocycles. The van der Waals surface area contributed by atoms with E-state index in [-0.39, 0.29) is 16.3 Å². The Kier molecular flexibility index (Phi) is 4.66. The van der Waals surface area contributed by atoms with Gasteiger partial charge in [0.25, 0.3) is 0 Å². The number of sulfonamides is 1. The third-order valence-electron chi connectivity index (χ3n) is 3.14. The maximum Gasteiger partial charge on any atom is 0.339 e. The fourth-order valence-electron chi connectivity index (χ4n) is 2.29. The Bertz CT molecular complexity index is 606. The minimum absolute atomic E-state index is 0.0809. The highest BCUT2D eigenvalue weighted by molar-refractivity contribution is 7.92. The van der Waals surface area contributed by atoms with E-state index >= 15 is 0 Å². The summed E-state index contributed by atoms with van der Waals surface area (Å²) in [5, 5.41) is 9.52. The molecule has 1 aliphatic carbocycles. The summed E-state index contributed by atoms with van der Waals surface area (Å²) >= 11 is 1.24. The molecule has 20 heavy (non-hydrogen) atoms. The number of carboxylic acid groups (broad SMARTS) is 1. The fourth-order valence-corrected chi connectivity index (χ4v) is 4.95. The number of aryl methyl sites for hydroxylation is 1. The van der Waals surface area contributed by atoms with E-state index in [0.717, 1.165) is 23.3 Å². The van der Waals surface area contributed by atoms with Crippen molar-refractivity contribution in [3.63, 3.8) is 0 Å². The maximum atomic E-state index is 11.9. The lowest BCUT2D eigenvalue weighted by atomic mass is 10.1. The molecule has 8 heteroatoms. The molecule has 0 radical (unpaired) electrons. The zero-order valence-electron chi connectivity index (χ0n) is 11.1. The van der Waals surface area contributed by atoms with Gasteiger partial charge in [-0.25, -0.2) is 13.2 Å². The summed E-state index contributed by atoms with van der Waals surface area (Å²) in [5.41, 5.74) is 0.912. The summed E-state index contributed by atoms with van der Waals surface area (Å²) in [5.74, 6) is -1.15. The van der Waals surface area contributed by atoms with E-state index in [0.29, 0.717) is 19.4 Å². The lowest BCUT2D eigenvalue weighted by Gasteiger charge is -2.07. The van der Waals surface area contributed by atoms with Crippen molar-refractivity contribution in [3.8, 4) is 0 Å². The van der Waals surface area contributed by atoms with Crippen LogP contribution in [0.1, 0.15) is 33.6 Å². The molecule has 2 rings (SSSR count). The predicted octanol–water partition coefficient (Wildman–Crippen LogP) is 1.71. The molecule has 0 spiro atoms. The van der Waals surface area contributed by atoms with Crippen LogP contribution in [0.2, 0.25) is 0 Å². The van der Waals surface area contributed by atoms with Crippen molar-refractivity contribution < 1.29 is 23.1 Å². The monoisotopic (exact) mass is 319 g/mol.